The van der Waals surface area contributed by atoms with Crippen LogP contribution in [0.1, 0.15) is 24.8 Å². The van der Waals surface area contributed by atoms with E-state index in [0.717, 1.165) is 42.7 Å². The van der Waals surface area contributed by atoms with E-state index in [1.54, 1.807) is 31.5 Å². The Labute approximate surface area is 206 Å². The summed E-state index contributed by atoms with van der Waals surface area (Å²) in [7, 11) is 3.78. The molecule has 0 atom stereocenters. The van der Waals surface area contributed by atoms with Gasteiger partial charge in [-0.05, 0) is 58.1 Å². The van der Waals surface area contributed by atoms with Crippen molar-refractivity contribution in [2.75, 3.05) is 32.5 Å². The van der Waals surface area contributed by atoms with Crippen molar-refractivity contribution >= 4 is 34.1 Å². The second-order valence-electron chi connectivity index (χ2n) is 8.68. The first-order valence-corrected chi connectivity index (χ1v) is 12.4. The van der Waals surface area contributed by atoms with E-state index in [1.165, 1.54) is 15.9 Å². The van der Waals surface area contributed by atoms with Gasteiger partial charge < -0.3 is 20.1 Å². The lowest BCUT2D eigenvalue weighted by Gasteiger charge is -2.30. The van der Waals surface area contributed by atoms with Crippen LogP contribution in [-0.2, 0) is 13.1 Å². The lowest BCUT2D eigenvalue weighted by Crippen LogP contribution is -2.36. The van der Waals surface area contributed by atoms with E-state index in [0.29, 0.717) is 27.8 Å². The lowest BCUT2D eigenvalue weighted by atomic mass is 10.0. The van der Waals surface area contributed by atoms with Crippen LogP contribution in [0, 0.1) is 0 Å². The highest BCUT2D eigenvalue weighted by Crippen LogP contribution is 2.36. The summed E-state index contributed by atoms with van der Waals surface area (Å²) < 4.78 is 42.0. The fourth-order valence-corrected chi connectivity index (χ4v) is 5.08. The molecule has 0 spiro atoms. The van der Waals surface area contributed by atoms with Crippen LogP contribution in [0.15, 0.2) is 41.0 Å². The molecule has 3 heterocycles. The SMILES string of the molecule is C/C=C(\C=NC)NCc1nnc(-c2cc3c(NC4CCN(C)CC4)cccc3n2CC(F)(F)F)s1. The quantitative estimate of drug-likeness (QED) is 0.425. The number of allylic oxidation sites excluding steroid dienone is 2. The van der Waals surface area contributed by atoms with Crippen LogP contribution in [0.2, 0.25) is 0 Å². The van der Waals surface area contributed by atoms with Crippen LogP contribution in [-0.4, -0.2) is 65.3 Å². The number of aromatic nitrogens is 3. The van der Waals surface area contributed by atoms with Crippen molar-refractivity contribution in [2.24, 2.45) is 4.99 Å². The third-order valence-electron chi connectivity index (χ3n) is 6.07. The van der Waals surface area contributed by atoms with Gasteiger partial charge in [0, 0.05) is 36.1 Å². The van der Waals surface area contributed by atoms with Gasteiger partial charge in [0.05, 0.1) is 17.8 Å². The Bertz CT molecular complexity index is 1200. The summed E-state index contributed by atoms with van der Waals surface area (Å²) in [5, 5.41) is 17.1. The number of benzene rings is 1. The first kappa shape index (κ1) is 25.2. The Morgan fingerprint density at radius 2 is 2.03 bits per heavy atom. The topological polar surface area (TPSA) is 70.4 Å². The van der Waals surface area contributed by atoms with Crippen molar-refractivity contribution in [1.29, 1.82) is 0 Å². The van der Waals surface area contributed by atoms with E-state index in [-0.39, 0.29) is 6.04 Å². The maximum absolute atomic E-state index is 13.6. The van der Waals surface area contributed by atoms with Gasteiger partial charge in [0.2, 0.25) is 0 Å². The molecular weight excluding hydrogens is 475 g/mol. The van der Waals surface area contributed by atoms with Gasteiger partial charge in [-0.15, -0.1) is 10.2 Å². The number of nitrogens with zero attached hydrogens (tertiary/aromatic N) is 5. The van der Waals surface area contributed by atoms with E-state index in [2.05, 4.69) is 37.8 Å². The predicted molar refractivity (Wildman–Crippen MR) is 136 cm³/mol. The second-order valence-corrected chi connectivity index (χ2v) is 9.74. The maximum atomic E-state index is 13.6. The van der Waals surface area contributed by atoms with Gasteiger partial charge in [-0.25, -0.2) is 0 Å². The second kappa shape index (κ2) is 10.8. The summed E-state index contributed by atoms with van der Waals surface area (Å²) in [6, 6.07) is 7.57. The van der Waals surface area contributed by atoms with Gasteiger partial charge in [-0.2, -0.15) is 13.2 Å². The number of hydrogen-bond acceptors (Lipinski definition) is 7. The van der Waals surface area contributed by atoms with Gasteiger partial charge in [0.15, 0.2) is 5.01 Å². The predicted octanol–water partition coefficient (Wildman–Crippen LogP) is 4.92. The van der Waals surface area contributed by atoms with Crippen LogP contribution in [0.3, 0.4) is 0 Å². The summed E-state index contributed by atoms with van der Waals surface area (Å²) in [4.78, 5) is 6.27. The van der Waals surface area contributed by atoms with Gasteiger partial charge in [-0.3, -0.25) is 4.99 Å². The lowest BCUT2D eigenvalue weighted by molar-refractivity contribution is -0.139. The smallest absolute Gasteiger partial charge is 0.382 e. The monoisotopic (exact) mass is 505 g/mol. The van der Waals surface area contributed by atoms with Crippen molar-refractivity contribution in [3.63, 3.8) is 0 Å². The Morgan fingerprint density at radius 3 is 2.71 bits per heavy atom. The minimum Gasteiger partial charge on any atom is -0.382 e. The molecule has 1 fully saturated rings. The third kappa shape index (κ3) is 6.21. The zero-order chi connectivity index (χ0) is 25.0. The number of alkyl halides is 3. The zero-order valence-corrected chi connectivity index (χ0v) is 20.9. The number of aliphatic imine (C=N–C) groups is 1. The molecule has 0 amide bonds. The maximum Gasteiger partial charge on any atom is 0.406 e. The van der Waals surface area contributed by atoms with Crippen LogP contribution >= 0.6 is 11.3 Å². The number of halogens is 3. The molecular formula is C24H30F3N7S. The number of piperidine rings is 1. The molecule has 188 valence electrons. The van der Waals surface area contributed by atoms with Crippen molar-refractivity contribution in [3.05, 3.63) is 41.0 Å². The van der Waals surface area contributed by atoms with E-state index in [1.807, 2.05) is 19.1 Å². The summed E-state index contributed by atoms with van der Waals surface area (Å²) >= 11 is 1.28. The molecule has 0 bridgehead atoms. The number of fused-ring (bicyclic) bond motifs is 1. The van der Waals surface area contributed by atoms with Crippen molar-refractivity contribution in [1.82, 2.24) is 25.0 Å². The van der Waals surface area contributed by atoms with Crippen LogP contribution < -0.4 is 10.6 Å². The number of rotatable bonds is 8. The van der Waals surface area contributed by atoms with Gasteiger partial charge in [0.25, 0.3) is 0 Å². The fourth-order valence-electron chi connectivity index (χ4n) is 4.28. The molecule has 11 heteroatoms. The summed E-state index contributed by atoms with van der Waals surface area (Å²) in [6.45, 7) is 3.20. The van der Waals surface area contributed by atoms with Crippen LogP contribution in [0.25, 0.3) is 21.6 Å². The Hall–Kier alpha value is -2.92. The van der Waals surface area contributed by atoms with Gasteiger partial charge in [0.1, 0.15) is 11.6 Å². The zero-order valence-electron chi connectivity index (χ0n) is 20.1. The van der Waals surface area contributed by atoms with E-state index >= 15 is 0 Å². The average molecular weight is 506 g/mol. The van der Waals surface area contributed by atoms with Crippen molar-refractivity contribution in [3.8, 4) is 10.7 Å². The summed E-state index contributed by atoms with van der Waals surface area (Å²) in [5.74, 6) is 0. The van der Waals surface area contributed by atoms with E-state index in [4.69, 9.17) is 0 Å². The average Bonchev–Trinajstić information content (AvgIpc) is 3.42. The minimum absolute atomic E-state index is 0.290. The number of anilines is 1. The molecule has 7 nitrogen and oxygen atoms in total. The standard InChI is InChI=1S/C24H30F3N7S/c1-4-16(13-28-2)29-14-22-31-32-23(35-22)21-12-18-19(30-17-8-10-33(3)11-9-17)6-5-7-20(18)34(21)15-24(25,26)27/h4-7,12-13,17,29-30H,8-11,14-15H2,1-3H3/b16-4+,28-13?. The largest absolute Gasteiger partial charge is 0.406 e. The highest BCUT2D eigenvalue weighted by Gasteiger charge is 2.31. The Kier molecular flexibility index (Phi) is 7.75. The van der Waals surface area contributed by atoms with Crippen molar-refractivity contribution in [2.45, 2.75) is 45.1 Å². The summed E-state index contributed by atoms with van der Waals surface area (Å²) in [5.41, 5.74) is 2.63. The normalized spacial score (nSPS) is 16.5. The highest BCUT2D eigenvalue weighted by atomic mass is 32.1. The Morgan fingerprint density at radius 1 is 1.26 bits per heavy atom. The van der Waals surface area contributed by atoms with E-state index < -0.39 is 12.7 Å². The molecule has 2 N–H and O–H groups in total. The molecule has 1 aromatic carbocycles. The first-order valence-electron chi connectivity index (χ1n) is 11.6. The van der Waals surface area contributed by atoms with Gasteiger partial charge in [-0.1, -0.05) is 23.5 Å². The number of hydrogen-bond donors (Lipinski definition) is 2. The molecule has 3 aromatic rings. The third-order valence-corrected chi connectivity index (χ3v) is 7.02. The molecule has 1 aliphatic heterocycles. The van der Waals surface area contributed by atoms with Gasteiger partial charge >= 0.3 is 6.18 Å². The minimum atomic E-state index is -4.37. The molecule has 2 aromatic heterocycles. The molecule has 0 aliphatic carbocycles. The molecule has 0 saturated carbocycles. The van der Waals surface area contributed by atoms with Crippen molar-refractivity contribution < 1.29 is 13.2 Å². The number of nitrogens with one attached hydrogen (secondary N) is 2. The van der Waals surface area contributed by atoms with E-state index in [9.17, 15) is 13.2 Å². The van der Waals surface area contributed by atoms with Crippen LogP contribution in [0.5, 0.6) is 0 Å². The Balaban J connectivity index is 1.66. The molecule has 1 aliphatic rings. The molecule has 4 rings (SSSR count). The van der Waals surface area contributed by atoms with Crippen LogP contribution in [0.4, 0.5) is 18.9 Å². The molecule has 0 radical (unpaired) electrons. The highest BCUT2D eigenvalue weighted by molar-refractivity contribution is 7.14. The molecule has 0 unspecified atom stereocenters. The first-order chi connectivity index (χ1) is 16.8. The summed E-state index contributed by atoms with van der Waals surface area (Å²) in [6.07, 6.45) is 1.20. The molecule has 35 heavy (non-hydrogen) atoms. The fraction of sp³-hybridized carbons (Fsp3) is 0.458. The molecule has 1 saturated heterocycles. The number of likely N-dealkylation sites (tertiary alicyclic amines) is 1.